The molecular formula is C19H23N3O. The van der Waals surface area contributed by atoms with Crippen LogP contribution in [0.15, 0.2) is 36.7 Å². The predicted octanol–water partition coefficient (Wildman–Crippen LogP) is 3.31. The zero-order valence-electron chi connectivity index (χ0n) is 13.8. The van der Waals surface area contributed by atoms with Crippen molar-refractivity contribution >= 4 is 0 Å². The maximum absolute atomic E-state index is 6.15. The number of aromatic nitrogens is 2. The Labute approximate surface area is 137 Å². The second kappa shape index (κ2) is 5.93. The second-order valence-corrected chi connectivity index (χ2v) is 6.82. The molecule has 4 nitrogen and oxygen atoms in total. The number of benzene rings is 1. The fraction of sp³-hybridized carbons (Fsp3) is 0.474. The minimum Gasteiger partial charge on any atom is -0.458 e. The molecule has 3 saturated heterocycles. The van der Waals surface area contributed by atoms with Crippen LogP contribution in [-0.4, -0.2) is 40.1 Å². The van der Waals surface area contributed by atoms with Crippen LogP contribution >= 0.6 is 0 Å². The number of fused-ring (bicyclic) bond motifs is 3. The van der Waals surface area contributed by atoms with Crippen molar-refractivity contribution in [2.45, 2.75) is 38.8 Å². The first-order chi connectivity index (χ1) is 11.2. The normalized spacial score (nSPS) is 29.5. The van der Waals surface area contributed by atoms with Crippen LogP contribution in [0.4, 0.5) is 0 Å². The topological polar surface area (TPSA) is 38.2 Å². The zero-order valence-corrected chi connectivity index (χ0v) is 13.8. The molecule has 2 atom stereocenters. The van der Waals surface area contributed by atoms with Gasteiger partial charge in [0, 0.05) is 24.0 Å². The molecule has 3 aliphatic rings. The third kappa shape index (κ3) is 2.83. The zero-order chi connectivity index (χ0) is 15.8. The first-order valence-electron chi connectivity index (χ1n) is 8.50. The summed E-state index contributed by atoms with van der Waals surface area (Å²) in [5.41, 5.74) is 3.42. The fourth-order valence-corrected chi connectivity index (χ4v) is 3.85. The monoisotopic (exact) mass is 309 g/mol. The van der Waals surface area contributed by atoms with Crippen LogP contribution in [0.3, 0.4) is 0 Å². The average molecular weight is 309 g/mol. The van der Waals surface area contributed by atoms with Gasteiger partial charge in [-0.05, 0) is 51.3 Å². The van der Waals surface area contributed by atoms with Gasteiger partial charge in [-0.1, -0.05) is 29.8 Å². The van der Waals surface area contributed by atoms with Crippen molar-refractivity contribution in [1.82, 2.24) is 14.9 Å². The highest BCUT2D eigenvalue weighted by atomic mass is 16.5. The number of hydrogen-bond donors (Lipinski definition) is 0. The highest BCUT2D eigenvalue weighted by molar-refractivity contribution is 5.61. The summed E-state index contributed by atoms with van der Waals surface area (Å²) >= 11 is 0. The summed E-state index contributed by atoms with van der Waals surface area (Å²) in [6.45, 7) is 6.76. The minimum atomic E-state index is 0.225. The molecule has 0 radical (unpaired) electrons. The number of hydrogen-bond acceptors (Lipinski definition) is 4. The van der Waals surface area contributed by atoms with Gasteiger partial charge < -0.3 is 4.74 Å². The maximum Gasteiger partial charge on any atom is 0.316 e. The molecule has 1 aromatic heterocycles. The van der Waals surface area contributed by atoms with E-state index < -0.39 is 0 Å². The lowest BCUT2D eigenvalue weighted by Crippen LogP contribution is -2.58. The number of piperidine rings is 3. The molecule has 0 spiro atoms. The van der Waals surface area contributed by atoms with Gasteiger partial charge in [-0.25, -0.2) is 9.97 Å². The van der Waals surface area contributed by atoms with Gasteiger partial charge in [0.15, 0.2) is 0 Å². The van der Waals surface area contributed by atoms with Crippen molar-refractivity contribution in [3.8, 4) is 17.1 Å². The Morgan fingerprint density at radius 1 is 1.00 bits per heavy atom. The fourth-order valence-electron chi connectivity index (χ4n) is 3.85. The third-order valence-electron chi connectivity index (χ3n) is 5.34. The summed E-state index contributed by atoms with van der Waals surface area (Å²) in [7, 11) is 0. The van der Waals surface area contributed by atoms with Crippen LogP contribution in [0.1, 0.15) is 25.3 Å². The summed E-state index contributed by atoms with van der Waals surface area (Å²) in [6.07, 6.45) is 6.41. The van der Waals surface area contributed by atoms with Crippen LogP contribution in [-0.2, 0) is 0 Å². The first kappa shape index (κ1) is 14.6. The van der Waals surface area contributed by atoms with Gasteiger partial charge in [0.05, 0.1) is 0 Å². The molecule has 5 rings (SSSR count). The van der Waals surface area contributed by atoms with E-state index in [1.54, 1.807) is 0 Å². The van der Waals surface area contributed by atoms with E-state index >= 15 is 0 Å². The lowest BCUT2D eigenvalue weighted by atomic mass is 9.81. The van der Waals surface area contributed by atoms with Crippen molar-refractivity contribution < 1.29 is 4.74 Å². The smallest absolute Gasteiger partial charge is 0.316 e. The van der Waals surface area contributed by atoms with Gasteiger partial charge in [-0.3, -0.25) is 4.90 Å². The highest BCUT2D eigenvalue weighted by Gasteiger charge is 2.41. The Morgan fingerprint density at radius 3 is 2.26 bits per heavy atom. The number of rotatable bonds is 3. The van der Waals surface area contributed by atoms with E-state index in [1.807, 2.05) is 12.4 Å². The number of aryl methyl sites for hydroxylation is 1. The SMILES string of the molecule is Cc1ccc(-c2cnc(O[C@@H]3C4CCN(CC4)[C@H]3C)nc2)cc1. The van der Waals surface area contributed by atoms with Gasteiger partial charge in [0.25, 0.3) is 0 Å². The number of ether oxygens (including phenoxy) is 1. The summed E-state index contributed by atoms with van der Waals surface area (Å²) in [5.74, 6) is 0.648. The maximum atomic E-state index is 6.15. The van der Waals surface area contributed by atoms with Crippen molar-refractivity contribution in [3.63, 3.8) is 0 Å². The Balaban J connectivity index is 1.49. The molecule has 23 heavy (non-hydrogen) atoms. The highest BCUT2D eigenvalue weighted by Crippen LogP contribution is 2.34. The molecule has 0 saturated carbocycles. The Kier molecular flexibility index (Phi) is 3.77. The molecule has 4 heterocycles. The molecule has 120 valence electrons. The molecule has 3 aliphatic heterocycles. The summed E-state index contributed by atoms with van der Waals surface area (Å²) in [4.78, 5) is 11.4. The van der Waals surface area contributed by atoms with E-state index in [0.717, 1.165) is 11.1 Å². The van der Waals surface area contributed by atoms with Gasteiger partial charge in [0.1, 0.15) is 6.10 Å². The lowest BCUT2D eigenvalue weighted by Gasteiger charge is -2.48. The molecule has 2 bridgehead atoms. The number of nitrogens with zero attached hydrogens (tertiary/aromatic N) is 3. The summed E-state index contributed by atoms with van der Waals surface area (Å²) < 4.78 is 6.15. The van der Waals surface area contributed by atoms with E-state index in [1.165, 1.54) is 31.5 Å². The lowest BCUT2D eigenvalue weighted by molar-refractivity contribution is -0.0544. The molecule has 0 unspecified atom stereocenters. The van der Waals surface area contributed by atoms with Crippen LogP contribution in [0, 0.1) is 12.8 Å². The summed E-state index contributed by atoms with van der Waals surface area (Å²) in [6, 6.07) is 9.38. The molecule has 0 amide bonds. The molecule has 0 aliphatic carbocycles. The molecule has 4 heteroatoms. The minimum absolute atomic E-state index is 0.225. The van der Waals surface area contributed by atoms with Crippen LogP contribution in [0.5, 0.6) is 6.01 Å². The Morgan fingerprint density at radius 2 is 1.65 bits per heavy atom. The van der Waals surface area contributed by atoms with Crippen molar-refractivity contribution in [2.24, 2.45) is 5.92 Å². The van der Waals surface area contributed by atoms with E-state index in [9.17, 15) is 0 Å². The van der Waals surface area contributed by atoms with Crippen LogP contribution < -0.4 is 4.74 Å². The van der Waals surface area contributed by atoms with E-state index in [2.05, 4.69) is 53.0 Å². The third-order valence-corrected chi connectivity index (χ3v) is 5.34. The summed E-state index contributed by atoms with van der Waals surface area (Å²) in [5, 5.41) is 0. The molecule has 3 fully saturated rings. The standard InChI is InChI=1S/C19H23N3O/c1-13-3-5-15(6-4-13)17-11-20-19(21-12-17)23-18-14(2)22-9-7-16(18)8-10-22/h3-6,11-12,14,16,18H,7-10H2,1-2H3/t14-,18-/m0/s1. The largest absolute Gasteiger partial charge is 0.458 e. The molecule has 1 aromatic carbocycles. The van der Waals surface area contributed by atoms with E-state index in [0.29, 0.717) is 18.0 Å². The van der Waals surface area contributed by atoms with E-state index in [4.69, 9.17) is 4.74 Å². The average Bonchev–Trinajstić information content (AvgIpc) is 2.60. The molecule has 0 N–H and O–H groups in total. The predicted molar refractivity (Wildman–Crippen MR) is 90.4 cm³/mol. The Hall–Kier alpha value is -1.94. The molecular weight excluding hydrogens is 286 g/mol. The van der Waals surface area contributed by atoms with Crippen LogP contribution in [0.2, 0.25) is 0 Å². The van der Waals surface area contributed by atoms with Crippen molar-refractivity contribution in [3.05, 3.63) is 42.2 Å². The van der Waals surface area contributed by atoms with Gasteiger partial charge in [-0.2, -0.15) is 0 Å². The van der Waals surface area contributed by atoms with E-state index in [-0.39, 0.29) is 6.10 Å². The van der Waals surface area contributed by atoms with Gasteiger partial charge in [-0.15, -0.1) is 0 Å². The Bertz CT molecular complexity index is 658. The van der Waals surface area contributed by atoms with Gasteiger partial charge in [0.2, 0.25) is 0 Å². The van der Waals surface area contributed by atoms with Crippen molar-refractivity contribution in [1.29, 1.82) is 0 Å². The van der Waals surface area contributed by atoms with Crippen LogP contribution in [0.25, 0.3) is 11.1 Å². The second-order valence-electron chi connectivity index (χ2n) is 6.82. The van der Waals surface area contributed by atoms with Crippen molar-refractivity contribution in [2.75, 3.05) is 13.1 Å². The van der Waals surface area contributed by atoms with Gasteiger partial charge >= 0.3 is 6.01 Å². The first-order valence-corrected chi connectivity index (χ1v) is 8.50. The molecule has 2 aromatic rings. The quantitative estimate of drug-likeness (QED) is 0.872.